The van der Waals surface area contributed by atoms with Crippen molar-refractivity contribution < 1.29 is 23.9 Å². The van der Waals surface area contributed by atoms with Crippen molar-refractivity contribution in [1.82, 2.24) is 15.8 Å². The minimum Gasteiger partial charge on any atom is -0.454 e. The van der Waals surface area contributed by atoms with Crippen LogP contribution in [0.1, 0.15) is 30.1 Å². The maximum absolute atomic E-state index is 12.3. The Morgan fingerprint density at radius 1 is 1.30 bits per heavy atom. The van der Waals surface area contributed by atoms with Crippen molar-refractivity contribution in [3.63, 3.8) is 0 Å². The van der Waals surface area contributed by atoms with E-state index in [4.69, 9.17) is 16.3 Å². The number of fused-ring (bicyclic) bond motifs is 1. The summed E-state index contributed by atoms with van der Waals surface area (Å²) in [6.45, 7) is 1.37. The number of nitrogens with one attached hydrogen (secondary N) is 2. The largest absolute Gasteiger partial charge is 0.454 e. The fourth-order valence-corrected chi connectivity index (χ4v) is 4.61. The molecule has 2 N–H and O–H groups in total. The van der Waals surface area contributed by atoms with Gasteiger partial charge in [-0.25, -0.2) is 4.79 Å². The molecule has 144 valence electrons. The van der Waals surface area contributed by atoms with Gasteiger partial charge in [-0.05, 0) is 37.6 Å². The molecule has 8 nitrogen and oxygen atoms in total. The lowest BCUT2D eigenvalue weighted by atomic mass is 10.2. The summed E-state index contributed by atoms with van der Waals surface area (Å²) in [7, 11) is 0. The highest BCUT2D eigenvalue weighted by Gasteiger charge is 2.53. The third kappa shape index (κ3) is 4.19. The monoisotopic (exact) mass is 411 g/mol. The van der Waals surface area contributed by atoms with E-state index in [2.05, 4.69) is 10.9 Å². The lowest BCUT2D eigenvalue weighted by Crippen LogP contribution is -2.48. The number of carbonyl (C=O) groups excluding carboxylic acids is 4. The molecule has 2 saturated heterocycles. The first-order valence-corrected chi connectivity index (χ1v) is 9.64. The molecule has 3 rings (SSSR count). The highest BCUT2D eigenvalue weighted by molar-refractivity contribution is 8.01. The van der Waals surface area contributed by atoms with Gasteiger partial charge in [-0.15, -0.1) is 11.8 Å². The quantitative estimate of drug-likeness (QED) is 0.567. The van der Waals surface area contributed by atoms with E-state index >= 15 is 0 Å². The number of hydrazine groups is 1. The van der Waals surface area contributed by atoms with Crippen molar-refractivity contribution in [2.45, 2.75) is 30.7 Å². The van der Waals surface area contributed by atoms with Crippen LogP contribution in [0.4, 0.5) is 0 Å². The van der Waals surface area contributed by atoms with Crippen molar-refractivity contribution in [2.24, 2.45) is 0 Å². The molecule has 0 bridgehead atoms. The second-order valence-corrected chi connectivity index (χ2v) is 8.32. The van der Waals surface area contributed by atoms with Gasteiger partial charge in [0.05, 0.1) is 4.87 Å². The Morgan fingerprint density at radius 3 is 2.70 bits per heavy atom. The highest BCUT2D eigenvalue weighted by atomic mass is 35.5. The van der Waals surface area contributed by atoms with E-state index in [1.165, 1.54) is 23.9 Å². The van der Waals surface area contributed by atoms with Crippen molar-refractivity contribution in [3.05, 3.63) is 34.9 Å². The summed E-state index contributed by atoms with van der Waals surface area (Å²) in [6.07, 6.45) is 1.10. The van der Waals surface area contributed by atoms with Crippen molar-refractivity contribution in [2.75, 3.05) is 12.4 Å². The molecule has 3 amide bonds. The number of carbonyl (C=O) groups is 4. The predicted octanol–water partition coefficient (Wildman–Crippen LogP) is 1.10. The van der Waals surface area contributed by atoms with Crippen LogP contribution in [-0.4, -0.2) is 51.9 Å². The van der Waals surface area contributed by atoms with E-state index in [-0.39, 0.29) is 10.8 Å². The summed E-state index contributed by atoms with van der Waals surface area (Å²) < 4.78 is 5.02. The number of esters is 1. The molecule has 2 fully saturated rings. The molecule has 27 heavy (non-hydrogen) atoms. The van der Waals surface area contributed by atoms with Crippen molar-refractivity contribution in [1.29, 1.82) is 0 Å². The second-order valence-electron chi connectivity index (χ2n) is 6.38. The molecule has 0 aliphatic carbocycles. The van der Waals surface area contributed by atoms with Crippen LogP contribution in [-0.2, 0) is 19.1 Å². The van der Waals surface area contributed by atoms with E-state index in [0.29, 0.717) is 29.2 Å². The number of ether oxygens (including phenoxy) is 1. The normalized spacial score (nSPS) is 23.7. The molecular weight excluding hydrogens is 394 g/mol. The minimum absolute atomic E-state index is 0.0795. The molecule has 0 spiro atoms. The number of nitrogens with zero attached hydrogens (tertiary/aromatic N) is 1. The van der Waals surface area contributed by atoms with Crippen LogP contribution >= 0.6 is 23.4 Å². The molecule has 0 unspecified atom stereocenters. The van der Waals surface area contributed by atoms with Gasteiger partial charge in [0.1, 0.15) is 6.04 Å². The molecule has 2 aliphatic heterocycles. The van der Waals surface area contributed by atoms with Gasteiger partial charge in [-0.2, -0.15) is 0 Å². The van der Waals surface area contributed by atoms with E-state index in [9.17, 15) is 19.2 Å². The summed E-state index contributed by atoms with van der Waals surface area (Å²) >= 11 is 7.28. The summed E-state index contributed by atoms with van der Waals surface area (Å²) in [5.74, 6) is -1.48. The highest BCUT2D eigenvalue weighted by Crippen LogP contribution is 2.47. The van der Waals surface area contributed by atoms with Crippen LogP contribution in [0, 0.1) is 0 Å². The first-order valence-electron chi connectivity index (χ1n) is 8.28. The maximum atomic E-state index is 12.3. The standard InChI is InChI=1S/C17H18ClN3O5S/c1-17-7-6-14(23)21(17)12(9-27-17)16(25)26-8-13(22)19-20-15(24)10-2-4-11(18)5-3-10/h2-5,12H,6-9H2,1H3,(H,19,22)(H,20,24)/t12-,17+/m1/s1. The van der Waals surface area contributed by atoms with Gasteiger partial charge in [0.15, 0.2) is 6.61 Å². The average Bonchev–Trinajstić information content (AvgIpc) is 3.14. The van der Waals surface area contributed by atoms with Crippen molar-refractivity contribution >= 4 is 47.1 Å². The molecule has 2 atom stereocenters. The first kappa shape index (κ1) is 19.5. The first-order chi connectivity index (χ1) is 12.8. The Hall–Kier alpha value is -2.26. The van der Waals surface area contributed by atoms with Crippen LogP contribution in [0.5, 0.6) is 0 Å². The van der Waals surface area contributed by atoms with Gasteiger partial charge in [-0.3, -0.25) is 25.2 Å². The second kappa shape index (κ2) is 7.77. The Bertz CT molecular complexity index is 787. The maximum Gasteiger partial charge on any atom is 0.330 e. The molecule has 1 aromatic rings. The number of halogens is 1. The van der Waals surface area contributed by atoms with Gasteiger partial charge in [0.2, 0.25) is 5.91 Å². The zero-order valence-corrected chi connectivity index (χ0v) is 16.1. The van der Waals surface area contributed by atoms with Crippen molar-refractivity contribution in [3.8, 4) is 0 Å². The zero-order chi connectivity index (χ0) is 19.6. The van der Waals surface area contributed by atoms with Gasteiger partial charge < -0.3 is 9.64 Å². The Balaban J connectivity index is 1.45. The van der Waals surface area contributed by atoms with E-state index in [0.717, 1.165) is 0 Å². The Labute approximate surface area is 164 Å². The zero-order valence-electron chi connectivity index (χ0n) is 14.5. The molecule has 0 aromatic heterocycles. The molecule has 2 aliphatic rings. The molecular formula is C17H18ClN3O5S. The molecule has 0 radical (unpaired) electrons. The predicted molar refractivity (Wildman–Crippen MR) is 98.8 cm³/mol. The third-order valence-corrected chi connectivity index (χ3v) is 6.24. The molecule has 2 heterocycles. The SMILES string of the molecule is C[C@]12CCC(=O)N1[C@@H](C(=O)OCC(=O)NNC(=O)c1ccc(Cl)cc1)CS2. The smallest absolute Gasteiger partial charge is 0.330 e. The number of thioether (sulfide) groups is 1. The number of rotatable bonds is 4. The fourth-order valence-electron chi connectivity index (χ4n) is 3.06. The summed E-state index contributed by atoms with van der Waals surface area (Å²) in [5.41, 5.74) is 4.70. The van der Waals surface area contributed by atoms with Gasteiger partial charge in [0, 0.05) is 22.8 Å². The molecule has 10 heteroatoms. The average molecular weight is 412 g/mol. The number of amides is 3. The summed E-state index contributed by atoms with van der Waals surface area (Å²) in [5, 5.41) is 0.486. The lowest BCUT2D eigenvalue weighted by molar-refractivity contribution is -0.156. The molecule has 1 aromatic carbocycles. The van der Waals surface area contributed by atoms with Crippen LogP contribution in [0.3, 0.4) is 0 Å². The van der Waals surface area contributed by atoms with E-state index in [1.54, 1.807) is 17.0 Å². The van der Waals surface area contributed by atoms with Gasteiger partial charge in [-0.1, -0.05) is 11.6 Å². The van der Waals surface area contributed by atoms with E-state index < -0.39 is 30.4 Å². The van der Waals surface area contributed by atoms with E-state index in [1.807, 2.05) is 6.92 Å². The number of hydrogen-bond acceptors (Lipinski definition) is 6. The minimum atomic E-state index is -0.688. The Morgan fingerprint density at radius 2 is 2.00 bits per heavy atom. The topological polar surface area (TPSA) is 105 Å². The number of hydrogen-bond donors (Lipinski definition) is 2. The van der Waals surface area contributed by atoms with Crippen LogP contribution in [0.25, 0.3) is 0 Å². The molecule has 0 saturated carbocycles. The lowest BCUT2D eigenvalue weighted by Gasteiger charge is -2.29. The van der Waals surface area contributed by atoms with Crippen LogP contribution in [0.2, 0.25) is 5.02 Å². The summed E-state index contributed by atoms with van der Waals surface area (Å²) in [4.78, 5) is 49.1. The van der Waals surface area contributed by atoms with Crippen LogP contribution < -0.4 is 10.9 Å². The van der Waals surface area contributed by atoms with Gasteiger partial charge >= 0.3 is 5.97 Å². The van der Waals surface area contributed by atoms with Gasteiger partial charge in [0.25, 0.3) is 11.8 Å². The number of benzene rings is 1. The van der Waals surface area contributed by atoms with Crippen LogP contribution in [0.15, 0.2) is 24.3 Å². The Kier molecular flexibility index (Phi) is 5.61. The third-order valence-electron chi connectivity index (χ3n) is 4.48. The fraction of sp³-hybridized carbons (Fsp3) is 0.412. The summed E-state index contributed by atoms with van der Waals surface area (Å²) in [6, 6.07) is 5.42.